The molecule has 0 radical (unpaired) electrons. The van der Waals surface area contributed by atoms with E-state index in [1.165, 1.54) is 25.3 Å². The summed E-state index contributed by atoms with van der Waals surface area (Å²) in [6.07, 6.45) is -4.67. The van der Waals surface area contributed by atoms with E-state index < -0.39 is 33.2 Å². The number of halogens is 3. The van der Waals surface area contributed by atoms with E-state index in [1.54, 1.807) is 13.0 Å². The van der Waals surface area contributed by atoms with Crippen LogP contribution in [0.2, 0.25) is 0 Å². The first-order valence-corrected chi connectivity index (χ1v) is 10.0. The van der Waals surface area contributed by atoms with Crippen LogP contribution < -0.4 is 14.8 Å². The van der Waals surface area contributed by atoms with E-state index in [2.05, 4.69) is 10.0 Å². The van der Waals surface area contributed by atoms with Crippen LogP contribution in [0.15, 0.2) is 41.3 Å². The number of ether oxygens (including phenoxy) is 1. The highest BCUT2D eigenvalue weighted by molar-refractivity contribution is 7.89. The molecule has 0 saturated heterocycles. The van der Waals surface area contributed by atoms with E-state index >= 15 is 0 Å². The van der Waals surface area contributed by atoms with E-state index in [0.29, 0.717) is 0 Å². The molecule has 0 bridgehead atoms. The fourth-order valence-electron chi connectivity index (χ4n) is 2.60. The average molecular weight is 430 g/mol. The minimum absolute atomic E-state index is 0.0585. The number of hydrogen-bond donors (Lipinski definition) is 2. The topological polar surface area (TPSA) is 84.5 Å². The first-order chi connectivity index (χ1) is 13.5. The van der Waals surface area contributed by atoms with Crippen LogP contribution in [0.25, 0.3) is 0 Å². The quantitative estimate of drug-likeness (QED) is 0.662. The first-order valence-electron chi connectivity index (χ1n) is 8.56. The minimum Gasteiger partial charge on any atom is -0.495 e. The van der Waals surface area contributed by atoms with Gasteiger partial charge in [0.2, 0.25) is 10.0 Å². The largest absolute Gasteiger partial charge is 0.495 e. The normalized spacial score (nSPS) is 11.9. The number of sulfonamides is 1. The second-order valence-electron chi connectivity index (χ2n) is 6.28. The lowest BCUT2D eigenvalue weighted by atomic mass is 10.1. The van der Waals surface area contributed by atoms with E-state index in [-0.39, 0.29) is 23.7 Å². The predicted octanol–water partition coefficient (Wildman–Crippen LogP) is 3.04. The van der Waals surface area contributed by atoms with Gasteiger partial charge in [0, 0.05) is 13.1 Å². The minimum atomic E-state index is -4.67. The molecular formula is C19H21F3N2O4S. The first kappa shape index (κ1) is 22.7. The number of carbonyl (C=O) groups is 1. The van der Waals surface area contributed by atoms with Crippen molar-refractivity contribution < 1.29 is 31.1 Å². The molecule has 2 rings (SSSR count). The number of methoxy groups -OCH3 is 1. The van der Waals surface area contributed by atoms with Gasteiger partial charge < -0.3 is 10.1 Å². The Labute approximate surface area is 167 Å². The zero-order valence-corrected chi connectivity index (χ0v) is 16.9. The van der Waals surface area contributed by atoms with Crippen molar-refractivity contribution in [2.24, 2.45) is 0 Å². The Kier molecular flexibility index (Phi) is 6.91. The van der Waals surface area contributed by atoms with Crippen molar-refractivity contribution in [1.82, 2.24) is 10.0 Å². The summed E-state index contributed by atoms with van der Waals surface area (Å²) in [4.78, 5) is 12.0. The zero-order valence-electron chi connectivity index (χ0n) is 16.1. The van der Waals surface area contributed by atoms with Crippen LogP contribution in [0, 0.1) is 13.8 Å². The van der Waals surface area contributed by atoms with E-state index in [4.69, 9.17) is 4.74 Å². The summed E-state index contributed by atoms with van der Waals surface area (Å²) < 4.78 is 71.4. The van der Waals surface area contributed by atoms with Gasteiger partial charge in [0.15, 0.2) is 0 Å². The molecule has 0 spiro atoms. The number of benzene rings is 2. The standard InChI is InChI=1S/C19H21F3N2O4S/c1-12-10-16(28-3)17(11-13(12)2)29(26,27)24-9-8-23-18(25)14-6-4-5-7-15(14)19(20,21)22/h4-7,10-11,24H,8-9H2,1-3H3,(H,23,25). The SMILES string of the molecule is COc1cc(C)c(C)cc1S(=O)(=O)NCCNC(=O)c1ccccc1C(F)(F)F. The highest BCUT2D eigenvalue weighted by Crippen LogP contribution is 2.31. The third-order valence-electron chi connectivity index (χ3n) is 4.25. The summed E-state index contributed by atoms with van der Waals surface area (Å²) in [7, 11) is -2.59. The Morgan fingerprint density at radius 1 is 1.07 bits per heavy atom. The number of hydrogen-bond acceptors (Lipinski definition) is 4. The molecule has 2 aromatic carbocycles. The summed E-state index contributed by atoms with van der Waals surface area (Å²) in [5.41, 5.74) is 0.0243. The molecule has 0 aliphatic rings. The van der Waals surface area contributed by atoms with Gasteiger partial charge in [-0.05, 0) is 49.2 Å². The fourth-order valence-corrected chi connectivity index (χ4v) is 3.86. The van der Waals surface area contributed by atoms with E-state index in [0.717, 1.165) is 23.3 Å². The third kappa shape index (κ3) is 5.48. The lowest BCUT2D eigenvalue weighted by Gasteiger charge is -2.14. The highest BCUT2D eigenvalue weighted by atomic mass is 32.2. The summed E-state index contributed by atoms with van der Waals surface area (Å²) in [6.45, 7) is 3.16. The van der Waals surface area contributed by atoms with Crippen LogP contribution in [0.1, 0.15) is 27.0 Å². The molecule has 0 heterocycles. The highest BCUT2D eigenvalue weighted by Gasteiger charge is 2.34. The van der Waals surface area contributed by atoms with Gasteiger partial charge in [-0.3, -0.25) is 4.79 Å². The molecule has 0 aromatic heterocycles. The number of aryl methyl sites for hydroxylation is 2. The van der Waals surface area contributed by atoms with Gasteiger partial charge in [0.05, 0.1) is 18.2 Å². The molecule has 0 aliphatic heterocycles. The van der Waals surface area contributed by atoms with Crippen molar-refractivity contribution in [1.29, 1.82) is 0 Å². The smallest absolute Gasteiger partial charge is 0.417 e. The Morgan fingerprint density at radius 3 is 2.31 bits per heavy atom. The molecule has 0 aliphatic carbocycles. The molecule has 158 valence electrons. The summed E-state index contributed by atoms with van der Waals surface area (Å²) in [5.74, 6) is -0.773. The van der Waals surface area contributed by atoms with Gasteiger partial charge in [-0.15, -0.1) is 0 Å². The molecule has 10 heteroatoms. The molecule has 0 unspecified atom stereocenters. The zero-order chi connectivity index (χ0) is 21.8. The third-order valence-corrected chi connectivity index (χ3v) is 5.73. The molecule has 1 amide bonds. The maximum Gasteiger partial charge on any atom is 0.417 e. The van der Waals surface area contributed by atoms with Crippen molar-refractivity contribution >= 4 is 15.9 Å². The number of rotatable bonds is 7. The molecule has 29 heavy (non-hydrogen) atoms. The van der Waals surface area contributed by atoms with Gasteiger partial charge in [0.1, 0.15) is 10.6 Å². The second kappa shape index (κ2) is 8.83. The average Bonchev–Trinajstić information content (AvgIpc) is 2.66. The van der Waals surface area contributed by atoms with Crippen LogP contribution in [0.5, 0.6) is 5.75 Å². The molecular weight excluding hydrogens is 409 g/mol. The number of carbonyl (C=O) groups excluding carboxylic acids is 1. The summed E-state index contributed by atoms with van der Waals surface area (Å²) >= 11 is 0. The van der Waals surface area contributed by atoms with Crippen LogP contribution in [-0.2, 0) is 16.2 Å². The van der Waals surface area contributed by atoms with Gasteiger partial charge in [0.25, 0.3) is 5.91 Å². The van der Waals surface area contributed by atoms with E-state index in [9.17, 15) is 26.4 Å². The molecule has 0 atom stereocenters. The molecule has 0 saturated carbocycles. The van der Waals surface area contributed by atoms with Gasteiger partial charge in [-0.25, -0.2) is 13.1 Å². The molecule has 2 N–H and O–H groups in total. The van der Waals surface area contributed by atoms with Crippen molar-refractivity contribution in [3.05, 3.63) is 58.7 Å². The lowest BCUT2D eigenvalue weighted by molar-refractivity contribution is -0.137. The Hall–Kier alpha value is -2.59. The maximum atomic E-state index is 13.0. The van der Waals surface area contributed by atoms with Crippen molar-refractivity contribution in [2.75, 3.05) is 20.2 Å². The van der Waals surface area contributed by atoms with Crippen LogP contribution in [0.4, 0.5) is 13.2 Å². The second-order valence-corrected chi connectivity index (χ2v) is 8.02. The number of alkyl halides is 3. The maximum absolute atomic E-state index is 13.0. The summed E-state index contributed by atoms with van der Waals surface area (Å²) in [6, 6.07) is 7.43. The van der Waals surface area contributed by atoms with Gasteiger partial charge in [-0.2, -0.15) is 13.2 Å². The van der Waals surface area contributed by atoms with Gasteiger partial charge in [-0.1, -0.05) is 12.1 Å². The van der Waals surface area contributed by atoms with E-state index in [1.807, 2.05) is 6.92 Å². The molecule has 2 aromatic rings. The Bertz CT molecular complexity index is 1000. The van der Waals surface area contributed by atoms with Crippen molar-refractivity contribution in [3.8, 4) is 5.75 Å². The predicted molar refractivity (Wildman–Crippen MR) is 101 cm³/mol. The Morgan fingerprint density at radius 2 is 1.69 bits per heavy atom. The van der Waals surface area contributed by atoms with Crippen molar-refractivity contribution in [3.63, 3.8) is 0 Å². The lowest BCUT2D eigenvalue weighted by Crippen LogP contribution is -2.35. The van der Waals surface area contributed by atoms with Crippen molar-refractivity contribution in [2.45, 2.75) is 24.9 Å². The monoisotopic (exact) mass is 430 g/mol. The van der Waals surface area contributed by atoms with Crippen LogP contribution in [0.3, 0.4) is 0 Å². The number of nitrogens with one attached hydrogen (secondary N) is 2. The molecule has 0 fully saturated rings. The fraction of sp³-hybridized carbons (Fsp3) is 0.316. The van der Waals surface area contributed by atoms with Crippen LogP contribution in [-0.4, -0.2) is 34.5 Å². The molecule has 6 nitrogen and oxygen atoms in total. The Balaban J connectivity index is 2.04. The van der Waals surface area contributed by atoms with Gasteiger partial charge >= 0.3 is 6.18 Å². The number of amides is 1. The summed E-state index contributed by atoms with van der Waals surface area (Å²) in [5, 5.41) is 2.29. The van der Waals surface area contributed by atoms with Crippen LogP contribution >= 0.6 is 0 Å².